The van der Waals surface area contributed by atoms with Crippen LogP contribution in [0.4, 0.5) is 0 Å². The Labute approximate surface area is 160 Å². The van der Waals surface area contributed by atoms with Crippen molar-refractivity contribution in [3.05, 3.63) is 47.2 Å². The Morgan fingerprint density at radius 1 is 1.27 bits per heavy atom. The van der Waals surface area contributed by atoms with Gasteiger partial charge in [0.2, 0.25) is 0 Å². The average molecular weight is 407 g/mol. The van der Waals surface area contributed by atoms with E-state index in [1.807, 2.05) is 29.8 Å². The standard InChI is InChI=1S/C17H18N4O2S3/c1-21-15(13-7-8-26(22,23)11-13)19-20-17(21)25-10-14-9-24-16(18-14)12-5-3-2-4-6-12/h2-6,9,13H,7-8,10-11H2,1H3. The molecule has 0 spiro atoms. The molecule has 1 aliphatic heterocycles. The number of rotatable bonds is 5. The van der Waals surface area contributed by atoms with Gasteiger partial charge in [-0.25, -0.2) is 13.4 Å². The fourth-order valence-corrected chi connectivity index (χ4v) is 6.51. The van der Waals surface area contributed by atoms with E-state index in [9.17, 15) is 8.42 Å². The molecule has 0 radical (unpaired) electrons. The second kappa shape index (κ2) is 7.13. The van der Waals surface area contributed by atoms with Crippen molar-refractivity contribution < 1.29 is 8.42 Å². The summed E-state index contributed by atoms with van der Waals surface area (Å²) in [6.45, 7) is 0. The molecule has 0 bridgehead atoms. The summed E-state index contributed by atoms with van der Waals surface area (Å²) >= 11 is 3.21. The second-order valence-electron chi connectivity index (χ2n) is 6.30. The summed E-state index contributed by atoms with van der Waals surface area (Å²) in [7, 11) is -1.02. The van der Waals surface area contributed by atoms with Gasteiger partial charge in [0.1, 0.15) is 10.8 Å². The van der Waals surface area contributed by atoms with Gasteiger partial charge in [-0.1, -0.05) is 42.1 Å². The highest BCUT2D eigenvalue weighted by Gasteiger charge is 2.32. The van der Waals surface area contributed by atoms with Gasteiger partial charge in [0.05, 0.1) is 17.2 Å². The lowest BCUT2D eigenvalue weighted by Gasteiger charge is -2.07. The molecule has 1 fully saturated rings. The molecular formula is C17H18N4O2S3. The van der Waals surface area contributed by atoms with Crippen LogP contribution < -0.4 is 0 Å². The van der Waals surface area contributed by atoms with E-state index in [1.54, 1.807) is 23.1 Å². The summed E-state index contributed by atoms with van der Waals surface area (Å²) < 4.78 is 25.3. The minimum atomic E-state index is -2.93. The molecule has 136 valence electrons. The molecule has 0 N–H and O–H groups in total. The summed E-state index contributed by atoms with van der Waals surface area (Å²) in [5, 5.41) is 12.3. The average Bonchev–Trinajstić information content (AvgIpc) is 3.33. The van der Waals surface area contributed by atoms with Crippen LogP contribution in [0.2, 0.25) is 0 Å². The summed E-state index contributed by atoms with van der Waals surface area (Å²) in [6.07, 6.45) is 0.630. The minimum absolute atomic E-state index is 0.0456. The van der Waals surface area contributed by atoms with Crippen molar-refractivity contribution in [1.29, 1.82) is 0 Å². The van der Waals surface area contributed by atoms with Gasteiger partial charge >= 0.3 is 0 Å². The maximum atomic E-state index is 11.7. The van der Waals surface area contributed by atoms with Crippen molar-refractivity contribution in [1.82, 2.24) is 19.7 Å². The fourth-order valence-electron chi connectivity index (χ4n) is 3.03. The summed E-state index contributed by atoms with van der Waals surface area (Å²) in [5.74, 6) is 1.84. The molecule has 1 atom stereocenters. The van der Waals surface area contributed by atoms with Gasteiger partial charge in [0.15, 0.2) is 15.0 Å². The normalized spacial score (nSPS) is 19.0. The Morgan fingerprint density at radius 2 is 2.08 bits per heavy atom. The summed E-state index contributed by atoms with van der Waals surface area (Å²) in [6, 6.07) is 10.1. The first-order chi connectivity index (χ1) is 12.5. The molecule has 1 aromatic carbocycles. The Bertz CT molecular complexity index is 1010. The molecule has 1 saturated heterocycles. The van der Waals surface area contributed by atoms with Gasteiger partial charge in [-0.2, -0.15) is 0 Å². The molecule has 1 aliphatic rings. The summed E-state index contributed by atoms with van der Waals surface area (Å²) in [5.41, 5.74) is 2.13. The van der Waals surface area contributed by atoms with Crippen molar-refractivity contribution in [2.45, 2.75) is 23.2 Å². The van der Waals surface area contributed by atoms with Crippen LogP contribution >= 0.6 is 23.1 Å². The van der Waals surface area contributed by atoms with Crippen LogP contribution in [-0.4, -0.2) is 39.7 Å². The van der Waals surface area contributed by atoms with E-state index in [2.05, 4.69) is 32.7 Å². The van der Waals surface area contributed by atoms with Crippen molar-refractivity contribution in [2.75, 3.05) is 11.5 Å². The Hall–Kier alpha value is -1.71. The Balaban J connectivity index is 1.44. The van der Waals surface area contributed by atoms with Crippen LogP contribution in [0, 0.1) is 0 Å². The van der Waals surface area contributed by atoms with Gasteiger partial charge in [-0.05, 0) is 6.42 Å². The molecular weight excluding hydrogens is 388 g/mol. The van der Waals surface area contributed by atoms with Crippen molar-refractivity contribution in [2.24, 2.45) is 7.05 Å². The van der Waals surface area contributed by atoms with Gasteiger partial charge in [0.25, 0.3) is 0 Å². The van der Waals surface area contributed by atoms with Crippen LogP contribution in [0.1, 0.15) is 23.9 Å². The van der Waals surface area contributed by atoms with Crippen molar-refractivity contribution in [3.63, 3.8) is 0 Å². The van der Waals surface area contributed by atoms with Crippen LogP contribution in [0.5, 0.6) is 0 Å². The first kappa shape index (κ1) is 17.7. The van der Waals surface area contributed by atoms with Crippen LogP contribution in [0.25, 0.3) is 10.6 Å². The number of hydrogen-bond donors (Lipinski definition) is 0. The first-order valence-electron chi connectivity index (χ1n) is 8.24. The third-order valence-corrected chi connectivity index (χ3v) is 8.15. The predicted octanol–water partition coefficient (Wildman–Crippen LogP) is 3.13. The second-order valence-corrected chi connectivity index (χ2v) is 10.3. The zero-order valence-electron chi connectivity index (χ0n) is 14.2. The highest BCUT2D eigenvalue weighted by molar-refractivity contribution is 7.98. The molecule has 4 rings (SSSR count). The smallest absolute Gasteiger partial charge is 0.191 e. The van der Waals surface area contributed by atoms with Crippen molar-refractivity contribution in [3.8, 4) is 10.6 Å². The topological polar surface area (TPSA) is 77.7 Å². The SMILES string of the molecule is Cn1c(SCc2csc(-c3ccccc3)n2)nnc1C1CCS(=O)(=O)C1. The monoisotopic (exact) mass is 406 g/mol. The molecule has 0 amide bonds. The third-order valence-electron chi connectivity index (χ3n) is 4.39. The number of sulfone groups is 1. The summed E-state index contributed by atoms with van der Waals surface area (Å²) in [4.78, 5) is 4.69. The quantitative estimate of drug-likeness (QED) is 0.606. The highest BCUT2D eigenvalue weighted by Crippen LogP contribution is 2.31. The third kappa shape index (κ3) is 3.70. The van der Waals surface area contributed by atoms with E-state index in [0.717, 1.165) is 27.2 Å². The lowest BCUT2D eigenvalue weighted by atomic mass is 10.1. The van der Waals surface area contributed by atoms with Crippen LogP contribution in [0.15, 0.2) is 40.9 Å². The molecule has 6 nitrogen and oxygen atoms in total. The zero-order valence-corrected chi connectivity index (χ0v) is 16.6. The molecule has 26 heavy (non-hydrogen) atoms. The first-order valence-corrected chi connectivity index (χ1v) is 11.9. The number of thioether (sulfide) groups is 1. The molecule has 0 saturated carbocycles. The molecule has 1 unspecified atom stereocenters. The van der Waals surface area contributed by atoms with Gasteiger partial charge in [-0.3, -0.25) is 0 Å². The van der Waals surface area contributed by atoms with Gasteiger partial charge < -0.3 is 4.57 Å². The molecule has 3 aromatic rings. The number of aromatic nitrogens is 4. The maximum Gasteiger partial charge on any atom is 0.191 e. The Kier molecular flexibility index (Phi) is 4.85. The predicted molar refractivity (Wildman–Crippen MR) is 104 cm³/mol. The zero-order chi connectivity index (χ0) is 18.1. The lowest BCUT2D eigenvalue weighted by molar-refractivity contribution is 0.599. The maximum absolute atomic E-state index is 11.7. The molecule has 9 heteroatoms. The van der Waals surface area contributed by atoms with E-state index in [0.29, 0.717) is 12.2 Å². The lowest BCUT2D eigenvalue weighted by Crippen LogP contribution is -2.09. The Morgan fingerprint density at radius 3 is 2.81 bits per heavy atom. The molecule has 0 aliphatic carbocycles. The number of thiazole rings is 1. The van der Waals surface area contributed by atoms with Crippen LogP contribution in [-0.2, 0) is 22.6 Å². The van der Waals surface area contributed by atoms with Gasteiger partial charge in [0, 0.05) is 29.7 Å². The molecule has 3 heterocycles. The van der Waals surface area contributed by atoms with E-state index >= 15 is 0 Å². The number of hydrogen-bond acceptors (Lipinski definition) is 7. The van der Waals surface area contributed by atoms with Crippen LogP contribution in [0.3, 0.4) is 0 Å². The van der Waals surface area contributed by atoms with E-state index in [4.69, 9.17) is 0 Å². The molecule has 2 aromatic heterocycles. The van der Waals surface area contributed by atoms with E-state index in [-0.39, 0.29) is 17.4 Å². The fraction of sp³-hybridized carbons (Fsp3) is 0.353. The largest absolute Gasteiger partial charge is 0.309 e. The number of benzene rings is 1. The minimum Gasteiger partial charge on any atom is -0.309 e. The van der Waals surface area contributed by atoms with Gasteiger partial charge in [-0.15, -0.1) is 21.5 Å². The van der Waals surface area contributed by atoms with E-state index in [1.165, 1.54) is 0 Å². The highest BCUT2D eigenvalue weighted by atomic mass is 32.2. The number of nitrogens with zero attached hydrogens (tertiary/aromatic N) is 4. The van der Waals surface area contributed by atoms with E-state index < -0.39 is 9.84 Å². The van der Waals surface area contributed by atoms with Crippen molar-refractivity contribution >= 4 is 32.9 Å².